The maximum atomic E-state index is 12.2. The lowest BCUT2D eigenvalue weighted by Gasteiger charge is -2.24. The van der Waals surface area contributed by atoms with Crippen molar-refractivity contribution in [3.05, 3.63) is 64.1 Å². The first-order chi connectivity index (χ1) is 10.4. The number of halogens is 1. The fourth-order valence-corrected chi connectivity index (χ4v) is 2.36. The second-order valence-electron chi connectivity index (χ2n) is 5.16. The molecule has 0 radical (unpaired) electrons. The van der Waals surface area contributed by atoms with Gasteiger partial charge < -0.3 is 15.2 Å². The molecule has 0 saturated heterocycles. The van der Waals surface area contributed by atoms with Crippen LogP contribution in [0.1, 0.15) is 22.8 Å². The number of methoxy groups -OCH3 is 1. The summed E-state index contributed by atoms with van der Waals surface area (Å²) in [7, 11) is 1.52. The second-order valence-corrected chi connectivity index (χ2v) is 6.08. The molecular weight excluding hydrogens is 346 g/mol. The van der Waals surface area contributed by atoms with Gasteiger partial charge in [0.1, 0.15) is 11.4 Å². The summed E-state index contributed by atoms with van der Waals surface area (Å²) in [5.74, 6) is 0.220. The summed E-state index contributed by atoms with van der Waals surface area (Å²) in [6.07, 6.45) is 0. The smallest absolute Gasteiger partial charge is 0.255 e. The molecule has 1 amide bonds. The van der Waals surface area contributed by atoms with Crippen molar-refractivity contribution in [3.8, 4) is 5.75 Å². The average molecular weight is 364 g/mol. The summed E-state index contributed by atoms with van der Waals surface area (Å²) in [6.45, 7) is 1.77. The SMILES string of the molecule is COc1ccccc1C(=O)NCC(C)(O)c1ccc(Br)cc1. The monoisotopic (exact) mass is 363 g/mol. The van der Waals surface area contributed by atoms with Crippen molar-refractivity contribution in [2.24, 2.45) is 0 Å². The van der Waals surface area contributed by atoms with Gasteiger partial charge in [-0.2, -0.15) is 0 Å². The number of carbonyl (C=O) groups excluding carboxylic acids is 1. The number of rotatable bonds is 5. The van der Waals surface area contributed by atoms with Gasteiger partial charge in [0.15, 0.2) is 0 Å². The van der Waals surface area contributed by atoms with Crippen molar-refractivity contribution in [2.45, 2.75) is 12.5 Å². The van der Waals surface area contributed by atoms with Gasteiger partial charge in [-0.1, -0.05) is 40.2 Å². The van der Waals surface area contributed by atoms with Gasteiger partial charge in [0.25, 0.3) is 5.91 Å². The molecule has 1 atom stereocenters. The summed E-state index contributed by atoms with van der Waals surface area (Å²) in [5, 5.41) is 13.3. The van der Waals surface area contributed by atoms with E-state index in [0.717, 1.165) is 10.0 Å². The first kappa shape index (κ1) is 16.5. The summed E-state index contributed by atoms with van der Waals surface area (Å²) in [4.78, 5) is 12.2. The van der Waals surface area contributed by atoms with E-state index in [1.165, 1.54) is 7.11 Å². The second kappa shape index (κ2) is 6.94. The lowest BCUT2D eigenvalue weighted by Crippen LogP contribution is -2.38. The number of carbonyl (C=O) groups is 1. The van der Waals surface area contributed by atoms with Gasteiger partial charge in [-0.05, 0) is 36.8 Å². The third-order valence-corrected chi connectivity index (χ3v) is 3.94. The largest absolute Gasteiger partial charge is 0.496 e. The van der Waals surface area contributed by atoms with Gasteiger partial charge in [-0.25, -0.2) is 0 Å². The Morgan fingerprint density at radius 3 is 2.50 bits per heavy atom. The average Bonchev–Trinajstić information content (AvgIpc) is 2.53. The number of aliphatic hydroxyl groups is 1. The molecule has 0 aromatic heterocycles. The Balaban J connectivity index is 2.08. The van der Waals surface area contributed by atoms with Crippen LogP contribution in [0.25, 0.3) is 0 Å². The molecule has 1 unspecified atom stereocenters. The normalized spacial score (nSPS) is 13.3. The zero-order valence-corrected chi connectivity index (χ0v) is 14.1. The molecule has 0 fully saturated rings. The predicted molar refractivity (Wildman–Crippen MR) is 89.0 cm³/mol. The molecule has 2 rings (SSSR count). The van der Waals surface area contributed by atoms with Crippen LogP contribution >= 0.6 is 15.9 Å². The topological polar surface area (TPSA) is 58.6 Å². The number of hydrogen-bond donors (Lipinski definition) is 2. The van der Waals surface area contributed by atoms with E-state index in [1.54, 1.807) is 31.2 Å². The first-order valence-corrected chi connectivity index (χ1v) is 7.63. The van der Waals surface area contributed by atoms with E-state index in [4.69, 9.17) is 4.74 Å². The fraction of sp³-hybridized carbons (Fsp3) is 0.235. The van der Waals surface area contributed by atoms with Gasteiger partial charge >= 0.3 is 0 Å². The molecule has 0 aliphatic heterocycles. The van der Waals surface area contributed by atoms with Crippen molar-refractivity contribution in [1.82, 2.24) is 5.32 Å². The Morgan fingerprint density at radius 1 is 1.23 bits per heavy atom. The van der Waals surface area contributed by atoms with E-state index in [0.29, 0.717) is 11.3 Å². The van der Waals surface area contributed by atoms with Gasteiger partial charge in [0, 0.05) is 4.47 Å². The van der Waals surface area contributed by atoms with Gasteiger partial charge in [0.05, 0.1) is 19.2 Å². The number of amides is 1. The van der Waals surface area contributed by atoms with Gasteiger partial charge in [-0.15, -0.1) is 0 Å². The molecule has 0 aliphatic carbocycles. The Morgan fingerprint density at radius 2 is 1.86 bits per heavy atom. The van der Waals surface area contributed by atoms with Crippen LogP contribution in [0.4, 0.5) is 0 Å². The Labute approximate surface area is 138 Å². The van der Waals surface area contributed by atoms with Crippen molar-refractivity contribution in [2.75, 3.05) is 13.7 Å². The van der Waals surface area contributed by atoms with Crippen LogP contribution < -0.4 is 10.1 Å². The van der Waals surface area contributed by atoms with E-state index >= 15 is 0 Å². The van der Waals surface area contributed by atoms with E-state index < -0.39 is 5.60 Å². The highest BCUT2D eigenvalue weighted by atomic mass is 79.9. The van der Waals surface area contributed by atoms with E-state index in [-0.39, 0.29) is 12.5 Å². The minimum Gasteiger partial charge on any atom is -0.496 e. The van der Waals surface area contributed by atoms with Crippen LogP contribution in [-0.2, 0) is 5.60 Å². The zero-order chi connectivity index (χ0) is 16.2. The predicted octanol–water partition coefficient (Wildman–Crippen LogP) is 3.10. The lowest BCUT2D eigenvalue weighted by molar-refractivity contribution is 0.0525. The zero-order valence-electron chi connectivity index (χ0n) is 12.5. The highest BCUT2D eigenvalue weighted by molar-refractivity contribution is 9.10. The van der Waals surface area contributed by atoms with Crippen LogP contribution in [0.15, 0.2) is 53.0 Å². The standard InChI is InChI=1S/C17H18BrNO3/c1-17(21,12-7-9-13(18)10-8-12)11-19-16(20)14-5-3-4-6-15(14)22-2/h3-10,21H,11H2,1-2H3,(H,19,20). The number of benzene rings is 2. The maximum Gasteiger partial charge on any atom is 0.255 e. The summed E-state index contributed by atoms with van der Waals surface area (Å²) in [6, 6.07) is 14.3. The minimum absolute atomic E-state index is 0.103. The Kier molecular flexibility index (Phi) is 5.21. The molecule has 22 heavy (non-hydrogen) atoms. The highest BCUT2D eigenvalue weighted by Gasteiger charge is 2.24. The summed E-state index contributed by atoms with van der Waals surface area (Å²) in [5.41, 5.74) is 0.0193. The third kappa shape index (κ3) is 3.87. The van der Waals surface area contributed by atoms with Crippen LogP contribution in [-0.4, -0.2) is 24.7 Å². The van der Waals surface area contributed by atoms with Crippen molar-refractivity contribution >= 4 is 21.8 Å². The van der Waals surface area contributed by atoms with Crippen molar-refractivity contribution < 1.29 is 14.6 Å². The summed E-state index contributed by atoms with van der Waals surface area (Å²) < 4.78 is 6.10. The molecule has 0 saturated carbocycles. The molecule has 0 aliphatic rings. The molecule has 0 heterocycles. The molecule has 2 aromatic carbocycles. The molecule has 5 heteroatoms. The van der Waals surface area contributed by atoms with E-state index in [1.807, 2.05) is 24.3 Å². The molecule has 4 nitrogen and oxygen atoms in total. The number of nitrogens with one attached hydrogen (secondary N) is 1. The number of ether oxygens (including phenoxy) is 1. The maximum absolute atomic E-state index is 12.2. The third-order valence-electron chi connectivity index (χ3n) is 3.41. The quantitative estimate of drug-likeness (QED) is 0.857. The van der Waals surface area contributed by atoms with Crippen LogP contribution in [0.3, 0.4) is 0 Å². The van der Waals surface area contributed by atoms with E-state index in [2.05, 4.69) is 21.2 Å². The number of hydrogen-bond acceptors (Lipinski definition) is 3. The van der Waals surface area contributed by atoms with Crippen molar-refractivity contribution in [1.29, 1.82) is 0 Å². The molecular formula is C17H18BrNO3. The minimum atomic E-state index is -1.15. The molecule has 2 aromatic rings. The highest BCUT2D eigenvalue weighted by Crippen LogP contribution is 2.22. The molecule has 116 valence electrons. The van der Waals surface area contributed by atoms with E-state index in [9.17, 15) is 9.90 Å². The number of para-hydroxylation sites is 1. The molecule has 0 bridgehead atoms. The van der Waals surface area contributed by atoms with Gasteiger partial charge in [-0.3, -0.25) is 4.79 Å². The Hall–Kier alpha value is -1.85. The van der Waals surface area contributed by atoms with Crippen LogP contribution in [0.5, 0.6) is 5.75 Å². The summed E-state index contributed by atoms with van der Waals surface area (Å²) >= 11 is 3.36. The van der Waals surface area contributed by atoms with Gasteiger partial charge in [0.2, 0.25) is 0 Å². The Bertz CT molecular complexity index is 653. The first-order valence-electron chi connectivity index (χ1n) is 6.83. The fourth-order valence-electron chi connectivity index (χ4n) is 2.09. The van der Waals surface area contributed by atoms with Crippen LogP contribution in [0.2, 0.25) is 0 Å². The van der Waals surface area contributed by atoms with Crippen LogP contribution in [0, 0.1) is 0 Å². The molecule has 0 spiro atoms. The van der Waals surface area contributed by atoms with Crippen molar-refractivity contribution in [3.63, 3.8) is 0 Å². The molecule has 2 N–H and O–H groups in total. The lowest BCUT2D eigenvalue weighted by atomic mass is 9.96.